The smallest absolute Gasteiger partial charge is 0.416 e. The van der Waals surface area contributed by atoms with Crippen LogP contribution >= 0.6 is 7.92 Å². The van der Waals surface area contributed by atoms with Crippen LogP contribution in [-0.4, -0.2) is 6.61 Å². The number of hydrogen-bond acceptors (Lipinski definition) is 1. The molecular weight excluding hydrogens is 506 g/mol. The fraction of sp³-hybridized carbons (Fsp3) is 0.250. The summed E-state index contributed by atoms with van der Waals surface area (Å²) in [6, 6.07) is 8.88. The number of ether oxygens (including phenoxy) is 1. The molecule has 1 nitrogen and oxygen atoms in total. The normalized spacial score (nSPS) is 15.0. The van der Waals surface area contributed by atoms with E-state index in [1.54, 1.807) is 12.1 Å². The van der Waals surface area contributed by atoms with Crippen LogP contribution in [0.15, 0.2) is 54.6 Å². The van der Waals surface area contributed by atoms with Gasteiger partial charge in [-0.3, -0.25) is 0 Å². The van der Waals surface area contributed by atoms with Crippen LogP contribution in [-0.2, 0) is 24.9 Å². The van der Waals surface area contributed by atoms with E-state index in [4.69, 9.17) is 4.74 Å². The van der Waals surface area contributed by atoms with Gasteiger partial charge in [0.15, 0.2) is 0 Å². The molecule has 0 radical (unpaired) electrons. The van der Waals surface area contributed by atoms with Crippen molar-refractivity contribution in [3.8, 4) is 5.75 Å². The zero-order chi connectivity index (χ0) is 25.8. The first-order chi connectivity index (χ1) is 16.1. The van der Waals surface area contributed by atoms with Gasteiger partial charge >= 0.3 is 18.5 Å². The monoisotopic (exact) mass is 522 g/mol. The third-order valence-electron chi connectivity index (χ3n) is 5.41. The Morgan fingerprint density at radius 2 is 1.20 bits per heavy atom. The van der Waals surface area contributed by atoms with Gasteiger partial charge in [0.25, 0.3) is 0 Å². The lowest BCUT2D eigenvalue weighted by Gasteiger charge is -2.25. The lowest BCUT2D eigenvalue weighted by Crippen LogP contribution is -2.26. The Bertz CT molecular complexity index is 1230. The summed E-state index contributed by atoms with van der Waals surface area (Å²) in [6.07, 6.45) is -14.5. The Labute approximate surface area is 195 Å². The summed E-state index contributed by atoms with van der Waals surface area (Å²) in [5.41, 5.74) is -3.27. The van der Waals surface area contributed by atoms with Crippen LogP contribution in [0.5, 0.6) is 5.75 Å². The van der Waals surface area contributed by atoms with Crippen LogP contribution in [0.2, 0.25) is 0 Å². The number of fused-ring (bicyclic) bond motifs is 1. The lowest BCUT2D eigenvalue weighted by atomic mass is 10.1. The number of benzene rings is 3. The zero-order valence-corrected chi connectivity index (χ0v) is 18.8. The predicted octanol–water partition coefficient (Wildman–Crippen LogP) is 6.74. The molecule has 0 aromatic heterocycles. The molecule has 1 unspecified atom stereocenters. The van der Waals surface area contributed by atoms with E-state index >= 15 is 0 Å². The zero-order valence-electron chi connectivity index (χ0n) is 17.9. The van der Waals surface area contributed by atoms with Crippen LogP contribution < -0.4 is 20.7 Å². The molecule has 0 amide bonds. The van der Waals surface area contributed by atoms with Crippen molar-refractivity contribution < 1.29 is 44.3 Å². The maximum absolute atomic E-state index is 13.6. The second kappa shape index (κ2) is 8.73. The van der Waals surface area contributed by atoms with Crippen LogP contribution in [0.3, 0.4) is 0 Å². The SMILES string of the molecule is Cc1cc(P(c2cc(C(F)(F)F)cc(C(F)(F)F)c2)c2cccc3c2OCC3)cc(C(F)(F)F)c1. The largest absolute Gasteiger partial charge is 0.492 e. The number of hydrogen-bond donors (Lipinski definition) is 0. The summed E-state index contributed by atoms with van der Waals surface area (Å²) in [6.45, 7) is 1.62. The summed E-state index contributed by atoms with van der Waals surface area (Å²) in [5.74, 6) is 0.277. The highest BCUT2D eigenvalue weighted by molar-refractivity contribution is 7.80. The maximum atomic E-state index is 13.6. The molecule has 0 N–H and O–H groups in total. The topological polar surface area (TPSA) is 9.23 Å². The van der Waals surface area contributed by atoms with E-state index in [2.05, 4.69) is 0 Å². The van der Waals surface area contributed by atoms with Gasteiger partial charge in [-0.1, -0.05) is 24.3 Å². The molecule has 11 heteroatoms. The molecule has 1 aliphatic rings. The fourth-order valence-electron chi connectivity index (χ4n) is 3.92. The van der Waals surface area contributed by atoms with Crippen molar-refractivity contribution in [3.63, 3.8) is 0 Å². The maximum Gasteiger partial charge on any atom is 0.416 e. The first-order valence-electron chi connectivity index (χ1n) is 10.2. The summed E-state index contributed by atoms with van der Waals surface area (Å²) < 4.78 is 128. The third kappa shape index (κ3) is 5.27. The first-order valence-corrected chi connectivity index (χ1v) is 11.5. The molecule has 0 spiro atoms. The summed E-state index contributed by atoms with van der Waals surface area (Å²) in [7, 11) is -2.28. The first kappa shape index (κ1) is 25.4. The highest BCUT2D eigenvalue weighted by Gasteiger charge is 2.39. The van der Waals surface area contributed by atoms with Crippen molar-refractivity contribution in [2.24, 2.45) is 0 Å². The minimum absolute atomic E-state index is 0.000317. The van der Waals surface area contributed by atoms with Crippen molar-refractivity contribution in [3.05, 3.63) is 82.4 Å². The number of halogens is 9. The van der Waals surface area contributed by atoms with Crippen LogP contribution in [0.4, 0.5) is 39.5 Å². The fourth-order valence-corrected chi connectivity index (χ4v) is 6.56. The van der Waals surface area contributed by atoms with E-state index in [0.29, 0.717) is 24.1 Å². The van der Waals surface area contributed by atoms with E-state index < -0.39 is 43.1 Å². The van der Waals surface area contributed by atoms with Gasteiger partial charge in [-0.05, 0) is 66.9 Å². The number of para-hydroxylation sites is 1. The van der Waals surface area contributed by atoms with Crippen molar-refractivity contribution in [1.29, 1.82) is 0 Å². The minimum atomic E-state index is -5.10. The van der Waals surface area contributed by atoms with Gasteiger partial charge < -0.3 is 4.74 Å². The summed E-state index contributed by atoms with van der Waals surface area (Å²) in [4.78, 5) is 0. The molecule has 3 aromatic carbocycles. The number of rotatable bonds is 3. The molecule has 186 valence electrons. The van der Waals surface area contributed by atoms with Crippen molar-refractivity contribution in [1.82, 2.24) is 0 Å². The van der Waals surface area contributed by atoms with Crippen LogP contribution in [0.1, 0.15) is 27.8 Å². The second-order valence-electron chi connectivity index (χ2n) is 8.02. The van der Waals surface area contributed by atoms with Gasteiger partial charge in [-0.15, -0.1) is 0 Å². The van der Waals surface area contributed by atoms with Crippen molar-refractivity contribution >= 4 is 23.8 Å². The van der Waals surface area contributed by atoms with Gasteiger partial charge in [0.05, 0.1) is 23.3 Å². The van der Waals surface area contributed by atoms with Gasteiger partial charge in [-0.2, -0.15) is 39.5 Å². The Morgan fingerprint density at radius 1 is 0.686 bits per heavy atom. The lowest BCUT2D eigenvalue weighted by molar-refractivity contribution is -0.143. The number of aryl methyl sites for hydroxylation is 1. The molecule has 3 aromatic rings. The highest BCUT2D eigenvalue weighted by Crippen LogP contribution is 2.44. The Balaban J connectivity index is 2.05. The van der Waals surface area contributed by atoms with Gasteiger partial charge in [-0.25, -0.2) is 0 Å². The molecule has 1 aliphatic heterocycles. The van der Waals surface area contributed by atoms with Gasteiger partial charge in [0.2, 0.25) is 0 Å². The average molecular weight is 522 g/mol. The van der Waals surface area contributed by atoms with E-state index in [-0.39, 0.29) is 39.9 Å². The van der Waals surface area contributed by atoms with Gasteiger partial charge in [0, 0.05) is 11.7 Å². The minimum Gasteiger partial charge on any atom is -0.492 e. The van der Waals surface area contributed by atoms with E-state index in [9.17, 15) is 39.5 Å². The molecule has 0 saturated heterocycles. The summed E-state index contributed by atoms with van der Waals surface area (Å²) in [5, 5.41) is -0.172. The Morgan fingerprint density at radius 3 is 1.74 bits per heavy atom. The van der Waals surface area contributed by atoms with E-state index in [1.807, 2.05) is 0 Å². The molecule has 0 aliphatic carbocycles. The highest BCUT2D eigenvalue weighted by atomic mass is 31.1. The molecular formula is C24H16F9OP. The van der Waals surface area contributed by atoms with Crippen molar-refractivity contribution in [2.45, 2.75) is 31.9 Å². The molecule has 1 atom stereocenters. The molecule has 4 rings (SSSR count). The molecule has 0 bridgehead atoms. The Kier molecular flexibility index (Phi) is 6.32. The van der Waals surface area contributed by atoms with Crippen molar-refractivity contribution in [2.75, 3.05) is 6.61 Å². The molecule has 0 saturated carbocycles. The predicted molar refractivity (Wildman–Crippen MR) is 114 cm³/mol. The summed E-state index contributed by atoms with van der Waals surface area (Å²) >= 11 is 0. The third-order valence-corrected chi connectivity index (χ3v) is 7.80. The number of alkyl halides is 9. The quantitative estimate of drug-likeness (QED) is 0.274. The second-order valence-corrected chi connectivity index (χ2v) is 10.2. The van der Waals surface area contributed by atoms with Crippen LogP contribution in [0.25, 0.3) is 0 Å². The van der Waals surface area contributed by atoms with E-state index in [0.717, 1.165) is 12.1 Å². The molecule has 0 fully saturated rings. The standard InChI is InChI=1S/C24H16F9OP/c1-13-7-15(22(25,26)27)10-18(8-13)35(20-4-2-3-14-5-6-34-21(14)20)19-11-16(23(28,29)30)9-17(12-19)24(31,32)33/h2-4,7-12H,5-6H2,1H3. The molecule has 35 heavy (non-hydrogen) atoms. The van der Waals surface area contributed by atoms with Crippen LogP contribution in [0, 0.1) is 6.92 Å². The average Bonchev–Trinajstić information content (AvgIpc) is 3.21. The van der Waals surface area contributed by atoms with Gasteiger partial charge in [0.1, 0.15) is 5.75 Å². The Hall–Kier alpha value is -2.74. The van der Waals surface area contributed by atoms with E-state index in [1.165, 1.54) is 19.1 Å². The molecule has 1 heterocycles.